The summed E-state index contributed by atoms with van der Waals surface area (Å²) in [7, 11) is 0. The molecule has 2 rings (SSSR count). The fourth-order valence-corrected chi connectivity index (χ4v) is 2.91. The molecule has 0 bridgehead atoms. The van der Waals surface area contributed by atoms with E-state index >= 15 is 0 Å². The third kappa shape index (κ3) is 4.71. The largest absolute Gasteiger partial charge is 0.374 e. The zero-order valence-electron chi connectivity index (χ0n) is 12.1. The topological polar surface area (TPSA) is 50.3 Å². The molecular formula is C13H24N4OS. The molecule has 2 heterocycles. The maximum absolute atomic E-state index is 5.80. The summed E-state index contributed by atoms with van der Waals surface area (Å²) in [5.74, 6) is 1.63. The van der Waals surface area contributed by atoms with Gasteiger partial charge in [0.2, 0.25) is 5.13 Å². The molecule has 1 atom stereocenters. The average molecular weight is 284 g/mol. The Hall–Kier alpha value is -0.720. The normalized spacial score (nSPS) is 20.9. The van der Waals surface area contributed by atoms with Gasteiger partial charge >= 0.3 is 0 Å². The Kier molecular flexibility index (Phi) is 5.54. The van der Waals surface area contributed by atoms with E-state index < -0.39 is 0 Å². The third-order valence-corrected chi connectivity index (χ3v) is 3.82. The Labute approximate surface area is 119 Å². The molecule has 1 aliphatic rings. The van der Waals surface area contributed by atoms with Crippen LogP contribution in [0.25, 0.3) is 0 Å². The summed E-state index contributed by atoms with van der Waals surface area (Å²) >= 11 is 1.43. The predicted molar refractivity (Wildman–Crippen MR) is 78.8 cm³/mol. The first-order valence-electron chi connectivity index (χ1n) is 7.07. The van der Waals surface area contributed by atoms with Crippen LogP contribution in [-0.4, -0.2) is 53.1 Å². The molecule has 0 radical (unpaired) electrons. The number of anilines is 1. The highest BCUT2D eigenvalue weighted by atomic mass is 32.1. The van der Waals surface area contributed by atoms with E-state index in [0.717, 1.165) is 50.2 Å². The van der Waals surface area contributed by atoms with Crippen molar-refractivity contribution in [3.05, 3.63) is 5.82 Å². The van der Waals surface area contributed by atoms with Crippen LogP contribution < -0.4 is 5.32 Å². The maximum Gasteiger partial charge on any atom is 0.202 e. The number of aromatic nitrogens is 2. The van der Waals surface area contributed by atoms with E-state index in [1.807, 2.05) is 0 Å². The van der Waals surface area contributed by atoms with Gasteiger partial charge in [0.15, 0.2) is 0 Å². The molecule has 0 aromatic carbocycles. The summed E-state index contributed by atoms with van der Waals surface area (Å²) in [5, 5.41) is 4.24. The highest BCUT2D eigenvalue weighted by molar-refractivity contribution is 7.09. The standard InChI is InChI=1S/C13H24N4OS/c1-4-12-15-13(19-16-12)14-7-11-9-17(5-6-18-11)8-10(2)3/h10-11H,4-9H2,1-3H3,(H,14,15,16). The number of nitrogens with zero attached hydrogens (tertiary/aromatic N) is 3. The van der Waals surface area contributed by atoms with Crippen molar-refractivity contribution in [1.29, 1.82) is 0 Å². The summed E-state index contributed by atoms with van der Waals surface area (Å²) in [6.45, 7) is 11.4. The fraction of sp³-hybridized carbons (Fsp3) is 0.846. The highest BCUT2D eigenvalue weighted by Gasteiger charge is 2.21. The Bertz CT molecular complexity index is 382. The molecule has 0 saturated carbocycles. The molecule has 5 nitrogen and oxygen atoms in total. The van der Waals surface area contributed by atoms with Gasteiger partial charge in [-0.2, -0.15) is 4.37 Å². The van der Waals surface area contributed by atoms with Crippen LogP contribution in [0.15, 0.2) is 0 Å². The van der Waals surface area contributed by atoms with Gasteiger partial charge in [0.1, 0.15) is 5.82 Å². The lowest BCUT2D eigenvalue weighted by molar-refractivity contribution is -0.0244. The van der Waals surface area contributed by atoms with E-state index in [4.69, 9.17) is 4.74 Å². The number of hydrogen-bond acceptors (Lipinski definition) is 6. The second kappa shape index (κ2) is 7.17. The van der Waals surface area contributed by atoms with E-state index in [0.29, 0.717) is 5.92 Å². The number of aryl methyl sites for hydroxylation is 1. The lowest BCUT2D eigenvalue weighted by Crippen LogP contribution is -2.46. The van der Waals surface area contributed by atoms with Crippen LogP contribution in [0, 0.1) is 5.92 Å². The number of nitrogens with one attached hydrogen (secondary N) is 1. The van der Waals surface area contributed by atoms with Crippen LogP contribution in [0.4, 0.5) is 5.13 Å². The molecule has 0 amide bonds. The number of hydrogen-bond donors (Lipinski definition) is 1. The Morgan fingerprint density at radius 1 is 1.53 bits per heavy atom. The first-order chi connectivity index (χ1) is 9.17. The predicted octanol–water partition coefficient (Wildman–Crippen LogP) is 1.87. The Balaban J connectivity index is 1.75. The van der Waals surface area contributed by atoms with E-state index in [1.165, 1.54) is 11.5 Å². The maximum atomic E-state index is 5.80. The van der Waals surface area contributed by atoms with Crippen molar-refractivity contribution in [1.82, 2.24) is 14.3 Å². The fourth-order valence-electron chi connectivity index (χ4n) is 2.26. The van der Waals surface area contributed by atoms with Gasteiger partial charge < -0.3 is 10.1 Å². The molecular weight excluding hydrogens is 260 g/mol. The zero-order chi connectivity index (χ0) is 13.7. The van der Waals surface area contributed by atoms with E-state index in [-0.39, 0.29) is 6.10 Å². The number of rotatable bonds is 6. The van der Waals surface area contributed by atoms with Crippen LogP contribution in [0.3, 0.4) is 0 Å². The summed E-state index contributed by atoms with van der Waals surface area (Å²) in [4.78, 5) is 6.89. The van der Waals surface area contributed by atoms with Gasteiger partial charge in [0, 0.05) is 44.1 Å². The second-order valence-corrected chi connectivity index (χ2v) is 6.15. The Morgan fingerprint density at radius 3 is 3.05 bits per heavy atom. The van der Waals surface area contributed by atoms with Crippen molar-refractivity contribution in [2.75, 3.05) is 38.1 Å². The first-order valence-corrected chi connectivity index (χ1v) is 7.85. The van der Waals surface area contributed by atoms with Gasteiger partial charge in [-0.1, -0.05) is 20.8 Å². The molecule has 1 N–H and O–H groups in total. The van der Waals surface area contributed by atoms with Crippen LogP contribution in [0.2, 0.25) is 0 Å². The SMILES string of the molecule is CCc1nsc(NCC2CN(CC(C)C)CCO2)n1. The highest BCUT2D eigenvalue weighted by Crippen LogP contribution is 2.13. The van der Waals surface area contributed by atoms with Crippen LogP contribution in [0.5, 0.6) is 0 Å². The molecule has 1 aliphatic heterocycles. The molecule has 1 fully saturated rings. The monoisotopic (exact) mass is 284 g/mol. The average Bonchev–Trinajstić information content (AvgIpc) is 2.84. The molecule has 1 aromatic heterocycles. The van der Waals surface area contributed by atoms with Crippen molar-refractivity contribution in [3.63, 3.8) is 0 Å². The molecule has 6 heteroatoms. The quantitative estimate of drug-likeness (QED) is 0.864. The van der Waals surface area contributed by atoms with E-state index in [9.17, 15) is 0 Å². The van der Waals surface area contributed by atoms with Crippen molar-refractivity contribution in [2.24, 2.45) is 5.92 Å². The molecule has 0 spiro atoms. The van der Waals surface area contributed by atoms with Gasteiger partial charge in [0.05, 0.1) is 12.7 Å². The summed E-state index contributed by atoms with van der Waals surface area (Å²) in [5.41, 5.74) is 0. The van der Waals surface area contributed by atoms with Gasteiger partial charge in [-0.05, 0) is 5.92 Å². The lowest BCUT2D eigenvalue weighted by atomic mass is 10.2. The minimum Gasteiger partial charge on any atom is -0.374 e. The lowest BCUT2D eigenvalue weighted by Gasteiger charge is -2.33. The minimum atomic E-state index is 0.251. The van der Waals surface area contributed by atoms with Crippen molar-refractivity contribution < 1.29 is 4.74 Å². The molecule has 1 saturated heterocycles. The summed E-state index contributed by atoms with van der Waals surface area (Å²) in [6.07, 6.45) is 1.14. The van der Waals surface area contributed by atoms with Gasteiger partial charge in [0.25, 0.3) is 0 Å². The van der Waals surface area contributed by atoms with Gasteiger partial charge in [-0.3, -0.25) is 4.90 Å². The first kappa shape index (κ1) is 14.7. The van der Waals surface area contributed by atoms with Crippen molar-refractivity contribution in [2.45, 2.75) is 33.3 Å². The van der Waals surface area contributed by atoms with Crippen molar-refractivity contribution >= 4 is 16.7 Å². The molecule has 1 aromatic rings. The zero-order valence-corrected chi connectivity index (χ0v) is 12.9. The van der Waals surface area contributed by atoms with Gasteiger partial charge in [-0.25, -0.2) is 4.98 Å². The van der Waals surface area contributed by atoms with Crippen molar-refractivity contribution in [3.8, 4) is 0 Å². The molecule has 1 unspecified atom stereocenters. The van der Waals surface area contributed by atoms with Crippen LogP contribution in [0.1, 0.15) is 26.6 Å². The summed E-state index contributed by atoms with van der Waals surface area (Å²) in [6, 6.07) is 0. The van der Waals surface area contributed by atoms with E-state index in [1.54, 1.807) is 0 Å². The van der Waals surface area contributed by atoms with E-state index in [2.05, 4.69) is 40.3 Å². The smallest absolute Gasteiger partial charge is 0.202 e. The molecule has 19 heavy (non-hydrogen) atoms. The number of ether oxygens (including phenoxy) is 1. The number of morpholine rings is 1. The second-order valence-electron chi connectivity index (χ2n) is 5.40. The molecule has 0 aliphatic carbocycles. The summed E-state index contributed by atoms with van der Waals surface area (Å²) < 4.78 is 10.1. The van der Waals surface area contributed by atoms with Crippen LogP contribution in [-0.2, 0) is 11.2 Å². The third-order valence-electron chi connectivity index (χ3n) is 3.11. The van der Waals surface area contributed by atoms with Crippen LogP contribution >= 0.6 is 11.5 Å². The minimum absolute atomic E-state index is 0.251. The molecule has 108 valence electrons. The Morgan fingerprint density at radius 2 is 2.37 bits per heavy atom. The van der Waals surface area contributed by atoms with Gasteiger partial charge in [-0.15, -0.1) is 0 Å².